The molecule has 2 atom stereocenters. The summed E-state index contributed by atoms with van der Waals surface area (Å²) in [5.41, 5.74) is 2.57. The number of aromatic nitrogens is 2. The average Bonchev–Trinajstić information content (AvgIpc) is 2.64. The maximum absolute atomic E-state index is 13.0. The summed E-state index contributed by atoms with van der Waals surface area (Å²) in [5.74, 6) is -0.191. The number of rotatable bonds is 1. The van der Waals surface area contributed by atoms with Crippen LogP contribution in [-0.4, -0.2) is 14.9 Å². The molecule has 2 heterocycles. The van der Waals surface area contributed by atoms with Gasteiger partial charge >= 0.3 is 5.69 Å². The number of aryl methyl sites for hydroxylation is 1. The van der Waals surface area contributed by atoms with Gasteiger partial charge in [0, 0.05) is 32.1 Å². The molecule has 1 aromatic heterocycles. The zero-order valence-electron chi connectivity index (χ0n) is 15.1. The molecule has 0 bridgehead atoms. The normalized spacial score (nSPS) is 21.5. The Morgan fingerprint density at radius 2 is 1.69 bits per heavy atom. The number of hydrogen-bond donors (Lipinski definition) is 1. The van der Waals surface area contributed by atoms with Gasteiger partial charge in [0.05, 0.1) is 11.5 Å². The van der Waals surface area contributed by atoms with E-state index in [4.69, 9.17) is 0 Å². The smallest absolute Gasteiger partial charge is 0.332 e. The first-order valence-corrected chi connectivity index (χ1v) is 8.76. The third-order valence-electron chi connectivity index (χ3n) is 5.48. The summed E-state index contributed by atoms with van der Waals surface area (Å²) in [6.07, 6.45) is 3.16. The monoisotopic (exact) mass is 351 g/mol. The highest BCUT2D eigenvalue weighted by atomic mass is 16.2. The second-order valence-corrected chi connectivity index (χ2v) is 7.12. The topological polar surface area (TPSA) is 73.1 Å². The minimum absolute atomic E-state index is 0.127. The lowest BCUT2D eigenvalue weighted by molar-refractivity contribution is -0.122. The number of nitrogens with one attached hydrogen (secondary N) is 1. The SMILES string of the molecule is Cc1ccc([C@@H]2c3c(n(C)c(=O)n(C)c3=O)NC3=CCCC(=O)[C@H]32)cc1. The first-order chi connectivity index (χ1) is 12.4. The number of Topliss-reactive ketones (excluding diaryl/α,β-unsaturated/α-hetero) is 1. The molecule has 1 N–H and O–H groups in total. The fourth-order valence-corrected chi connectivity index (χ4v) is 4.06. The molecule has 2 aliphatic rings. The van der Waals surface area contributed by atoms with Crippen molar-refractivity contribution in [2.24, 2.45) is 20.0 Å². The lowest BCUT2D eigenvalue weighted by Gasteiger charge is -2.38. The standard InChI is InChI=1S/C20H21N3O3/c1-11-7-9-12(10-8-11)15-16-13(5-4-6-14(16)24)21-18-17(15)19(25)23(3)20(26)22(18)2/h5,7-10,15-16,21H,4,6H2,1-3H3/t15-,16-/m0/s1. The largest absolute Gasteiger partial charge is 0.344 e. The van der Waals surface area contributed by atoms with Crippen LogP contribution in [0.25, 0.3) is 0 Å². The molecular formula is C20H21N3O3. The van der Waals surface area contributed by atoms with Crippen LogP contribution in [0.2, 0.25) is 0 Å². The van der Waals surface area contributed by atoms with Crippen molar-refractivity contribution in [3.05, 3.63) is 73.6 Å². The van der Waals surface area contributed by atoms with Gasteiger partial charge in [-0.25, -0.2) is 4.79 Å². The summed E-state index contributed by atoms with van der Waals surface area (Å²) in [6.45, 7) is 2.00. The molecule has 0 fully saturated rings. The number of benzene rings is 1. The Balaban J connectivity index is 2.07. The van der Waals surface area contributed by atoms with E-state index in [1.807, 2.05) is 37.3 Å². The van der Waals surface area contributed by atoms with Gasteiger partial charge in [0.25, 0.3) is 5.56 Å². The van der Waals surface area contributed by atoms with Gasteiger partial charge in [-0.2, -0.15) is 0 Å². The second-order valence-electron chi connectivity index (χ2n) is 7.12. The lowest BCUT2D eigenvalue weighted by Crippen LogP contribution is -2.46. The van der Waals surface area contributed by atoms with Gasteiger partial charge in [0.15, 0.2) is 0 Å². The van der Waals surface area contributed by atoms with Gasteiger partial charge in [-0.1, -0.05) is 35.9 Å². The summed E-state index contributed by atoms with van der Waals surface area (Å²) in [7, 11) is 3.12. The van der Waals surface area contributed by atoms with Gasteiger partial charge in [0.2, 0.25) is 0 Å². The number of fused-ring (bicyclic) bond motifs is 2. The Labute approximate surface area is 150 Å². The van der Waals surface area contributed by atoms with Crippen LogP contribution < -0.4 is 16.6 Å². The van der Waals surface area contributed by atoms with Crippen molar-refractivity contribution >= 4 is 11.6 Å². The van der Waals surface area contributed by atoms with E-state index in [0.717, 1.165) is 21.4 Å². The van der Waals surface area contributed by atoms with Crippen LogP contribution >= 0.6 is 0 Å². The number of allylic oxidation sites excluding steroid dienone is 2. The van der Waals surface area contributed by atoms with Crippen molar-refractivity contribution in [3.63, 3.8) is 0 Å². The van der Waals surface area contributed by atoms with Crippen molar-refractivity contribution in [2.45, 2.75) is 25.7 Å². The third kappa shape index (κ3) is 2.29. The molecule has 4 rings (SSSR count). The minimum atomic E-state index is -0.413. The number of ketones is 1. The van der Waals surface area contributed by atoms with E-state index in [1.54, 1.807) is 7.05 Å². The van der Waals surface area contributed by atoms with Crippen LogP contribution in [0, 0.1) is 12.8 Å². The summed E-state index contributed by atoms with van der Waals surface area (Å²) < 4.78 is 2.57. The van der Waals surface area contributed by atoms with E-state index in [0.29, 0.717) is 24.2 Å². The molecule has 134 valence electrons. The maximum Gasteiger partial charge on any atom is 0.332 e. The summed E-state index contributed by atoms with van der Waals surface area (Å²) >= 11 is 0. The van der Waals surface area contributed by atoms with Gasteiger partial charge in [-0.3, -0.25) is 18.7 Å². The highest BCUT2D eigenvalue weighted by Gasteiger charge is 2.42. The van der Waals surface area contributed by atoms with E-state index in [2.05, 4.69) is 5.32 Å². The zero-order chi connectivity index (χ0) is 18.6. The molecule has 1 aromatic carbocycles. The molecule has 6 heteroatoms. The first kappa shape index (κ1) is 16.6. The summed E-state index contributed by atoms with van der Waals surface area (Å²) in [4.78, 5) is 38.1. The van der Waals surface area contributed by atoms with Crippen LogP contribution in [-0.2, 0) is 18.9 Å². The van der Waals surface area contributed by atoms with E-state index in [-0.39, 0.29) is 17.0 Å². The number of hydrogen-bond acceptors (Lipinski definition) is 4. The van der Waals surface area contributed by atoms with Crippen molar-refractivity contribution in [1.82, 2.24) is 9.13 Å². The van der Waals surface area contributed by atoms with Crippen LogP contribution in [0.5, 0.6) is 0 Å². The van der Waals surface area contributed by atoms with E-state index in [1.165, 1.54) is 11.6 Å². The highest BCUT2D eigenvalue weighted by molar-refractivity contribution is 5.89. The molecule has 0 saturated heterocycles. The van der Waals surface area contributed by atoms with Crippen LogP contribution in [0.3, 0.4) is 0 Å². The molecule has 2 aromatic rings. The van der Waals surface area contributed by atoms with Crippen LogP contribution in [0.1, 0.15) is 35.4 Å². The lowest BCUT2D eigenvalue weighted by atomic mass is 9.72. The van der Waals surface area contributed by atoms with Crippen LogP contribution in [0.4, 0.5) is 5.82 Å². The fraction of sp³-hybridized carbons (Fsp3) is 0.350. The van der Waals surface area contributed by atoms with Gasteiger partial charge in [-0.05, 0) is 18.9 Å². The maximum atomic E-state index is 13.0. The van der Waals surface area contributed by atoms with Crippen molar-refractivity contribution in [2.75, 3.05) is 5.32 Å². The number of carbonyl (C=O) groups excluding carboxylic acids is 1. The Morgan fingerprint density at radius 3 is 2.38 bits per heavy atom. The number of nitrogens with zero attached hydrogens (tertiary/aromatic N) is 2. The van der Waals surface area contributed by atoms with Crippen LogP contribution in [0.15, 0.2) is 45.6 Å². The van der Waals surface area contributed by atoms with E-state index < -0.39 is 11.8 Å². The fourth-order valence-electron chi connectivity index (χ4n) is 4.06. The average molecular weight is 351 g/mol. The molecule has 0 saturated carbocycles. The van der Waals surface area contributed by atoms with Gasteiger partial charge in [-0.15, -0.1) is 0 Å². The number of anilines is 1. The molecule has 0 amide bonds. The molecule has 0 radical (unpaired) electrons. The molecule has 6 nitrogen and oxygen atoms in total. The van der Waals surface area contributed by atoms with Gasteiger partial charge < -0.3 is 5.32 Å². The quantitative estimate of drug-likeness (QED) is 0.850. The Hall–Kier alpha value is -2.89. The highest BCUT2D eigenvalue weighted by Crippen LogP contribution is 2.44. The second kappa shape index (κ2) is 5.83. The molecule has 0 unspecified atom stereocenters. The predicted octanol–water partition coefficient (Wildman–Crippen LogP) is 1.81. The Kier molecular flexibility index (Phi) is 3.72. The molecular weight excluding hydrogens is 330 g/mol. The number of carbonyl (C=O) groups is 1. The van der Waals surface area contributed by atoms with E-state index >= 15 is 0 Å². The first-order valence-electron chi connectivity index (χ1n) is 8.76. The third-order valence-corrected chi connectivity index (χ3v) is 5.48. The molecule has 26 heavy (non-hydrogen) atoms. The molecule has 1 aliphatic carbocycles. The summed E-state index contributed by atoms with van der Waals surface area (Å²) in [6, 6.07) is 7.92. The van der Waals surface area contributed by atoms with Crippen molar-refractivity contribution < 1.29 is 4.79 Å². The minimum Gasteiger partial charge on any atom is -0.344 e. The van der Waals surface area contributed by atoms with Crippen molar-refractivity contribution in [1.29, 1.82) is 0 Å². The van der Waals surface area contributed by atoms with E-state index in [9.17, 15) is 14.4 Å². The summed E-state index contributed by atoms with van der Waals surface area (Å²) in [5, 5.41) is 3.21. The molecule has 1 aliphatic heterocycles. The van der Waals surface area contributed by atoms with Gasteiger partial charge in [0.1, 0.15) is 11.6 Å². The Morgan fingerprint density at radius 1 is 1.00 bits per heavy atom. The molecule has 0 spiro atoms. The van der Waals surface area contributed by atoms with Crippen molar-refractivity contribution in [3.8, 4) is 0 Å². The predicted molar refractivity (Wildman–Crippen MR) is 99.4 cm³/mol. The Bertz CT molecular complexity index is 1060. The zero-order valence-corrected chi connectivity index (χ0v) is 15.1.